The van der Waals surface area contributed by atoms with Gasteiger partial charge >= 0.3 is 0 Å². The number of hydrogen-bond acceptors (Lipinski definition) is 9. The van der Waals surface area contributed by atoms with Crippen LogP contribution in [-0.4, -0.2) is 77.7 Å². The number of amides is 2. The number of nitrogens with zero attached hydrogens (tertiary/aromatic N) is 1. The van der Waals surface area contributed by atoms with E-state index in [4.69, 9.17) is 23.7 Å². The summed E-state index contributed by atoms with van der Waals surface area (Å²) in [6, 6.07) is 15.6. The van der Waals surface area contributed by atoms with E-state index in [9.17, 15) is 18.0 Å². The van der Waals surface area contributed by atoms with Gasteiger partial charge in [-0.2, -0.15) is 4.31 Å². The SMILES string of the molecule is COc1ccc(OC)c(S(=O)(=O)N2CC[C@H]3Oc4ccc(cc4)CNC(=O)COc4cc(ccc4OC)C(=O)N[C@H]3C2)c1. The molecule has 0 radical (unpaired) electrons. The zero-order valence-corrected chi connectivity index (χ0v) is 24.8. The van der Waals surface area contributed by atoms with E-state index in [0.29, 0.717) is 23.7 Å². The first kappa shape index (κ1) is 30.0. The molecule has 0 aromatic heterocycles. The van der Waals surface area contributed by atoms with Crippen LogP contribution in [0.3, 0.4) is 0 Å². The van der Waals surface area contributed by atoms with Gasteiger partial charge in [-0.3, -0.25) is 9.59 Å². The van der Waals surface area contributed by atoms with Crippen LogP contribution in [0.15, 0.2) is 65.6 Å². The molecule has 1 fully saturated rings. The van der Waals surface area contributed by atoms with E-state index in [1.54, 1.807) is 30.3 Å². The number of carbonyl (C=O) groups excluding carboxylic acids is 2. The van der Waals surface area contributed by atoms with E-state index < -0.39 is 28.1 Å². The Balaban J connectivity index is 1.49. The van der Waals surface area contributed by atoms with Crippen molar-refractivity contribution in [1.82, 2.24) is 14.9 Å². The fourth-order valence-corrected chi connectivity index (χ4v) is 6.61. The zero-order valence-electron chi connectivity index (χ0n) is 24.0. The molecule has 2 N–H and O–H groups in total. The van der Waals surface area contributed by atoms with Crippen molar-refractivity contribution in [2.24, 2.45) is 0 Å². The van der Waals surface area contributed by atoms with Crippen LogP contribution in [0.25, 0.3) is 0 Å². The van der Waals surface area contributed by atoms with Gasteiger partial charge in [0.25, 0.3) is 11.8 Å². The Morgan fingerprint density at radius 1 is 0.907 bits per heavy atom. The number of hydrogen-bond donors (Lipinski definition) is 2. The minimum Gasteiger partial charge on any atom is -0.497 e. The molecule has 0 saturated carbocycles. The number of methoxy groups -OCH3 is 3. The summed E-state index contributed by atoms with van der Waals surface area (Å²) in [6.07, 6.45) is -0.247. The molecule has 3 aliphatic heterocycles. The number of nitrogens with one attached hydrogen (secondary N) is 2. The highest BCUT2D eigenvalue weighted by Crippen LogP contribution is 2.33. The van der Waals surface area contributed by atoms with Gasteiger partial charge in [-0.25, -0.2) is 8.42 Å². The van der Waals surface area contributed by atoms with Gasteiger partial charge in [0, 0.05) is 37.7 Å². The number of benzene rings is 3. The van der Waals surface area contributed by atoms with E-state index in [2.05, 4.69) is 10.6 Å². The Morgan fingerprint density at radius 2 is 1.65 bits per heavy atom. The summed E-state index contributed by atoms with van der Waals surface area (Å²) in [5, 5.41) is 5.76. The zero-order chi connectivity index (χ0) is 30.6. The summed E-state index contributed by atoms with van der Waals surface area (Å²) < 4.78 is 57.0. The summed E-state index contributed by atoms with van der Waals surface area (Å²) in [5.74, 6) is 0.824. The molecule has 3 aliphatic rings. The molecule has 228 valence electrons. The first-order valence-corrected chi connectivity index (χ1v) is 15.0. The Bertz CT molecular complexity index is 1590. The highest BCUT2D eigenvalue weighted by molar-refractivity contribution is 7.89. The maximum Gasteiger partial charge on any atom is 0.258 e. The summed E-state index contributed by atoms with van der Waals surface area (Å²) in [6.45, 7) is 0.0830. The highest BCUT2D eigenvalue weighted by atomic mass is 32.2. The van der Waals surface area contributed by atoms with Gasteiger partial charge in [-0.05, 0) is 48.0 Å². The number of fused-ring (bicyclic) bond motifs is 7. The van der Waals surface area contributed by atoms with Crippen molar-refractivity contribution in [2.75, 3.05) is 41.0 Å². The van der Waals surface area contributed by atoms with Crippen LogP contribution in [0.5, 0.6) is 28.7 Å². The van der Waals surface area contributed by atoms with Crippen molar-refractivity contribution >= 4 is 21.8 Å². The summed E-state index contributed by atoms with van der Waals surface area (Å²) in [4.78, 5) is 25.9. The molecule has 2 atom stereocenters. The smallest absolute Gasteiger partial charge is 0.258 e. The molecule has 6 rings (SSSR count). The van der Waals surface area contributed by atoms with Crippen LogP contribution in [0.2, 0.25) is 0 Å². The Kier molecular flexibility index (Phi) is 8.92. The van der Waals surface area contributed by atoms with Gasteiger partial charge in [0.1, 0.15) is 28.2 Å². The first-order chi connectivity index (χ1) is 20.7. The molecule has 0 unspecified atom stereocenters. The lowest BCUT2D eigenvalue weighted by Crippen LogP contribution is -2.58. The Morgan fingerprint density at radius 3 is 2.37 bits per heavy atom. The molecule has 1 saturated heterocycles. The molecule has 0 aliphatic carbocycles. The molecule has 3 aromatic carbocycles. The van der Waals surface area contributed by atoms with Crippen molar-refractivity contribution in [2.45, 2.75) is 30.0 Å². The minimum atomic E-state index is -4.05. The highest BCUT2D eigenvalue weighted by Gasteiger charge is 2.39. The second-order valence-corrected chi connectivity index (χ2v) is 11.9. The normalized spacial score (nSPS) is 19.5. The van der Waals surface area contributed by atoms with Gasteiger partial charge in [0.2, 0.25) is 10.0 Å². The fourth-order valence-electron chi connectivity index (χ4n) is 4.96. The molecule has 2 amide bonds. The van der Waals surface area contributed by atoms with Crippen molar-refractivity contribution < 1.29 is 41.7 Å². The van der Waals surface area contributed by atoms with Crippen molar-refractivity contribution in [3.05, 3.63) is 71.8 Å². The third-order valence-electron chi connectivity index (χ3n) is 7.30. The topological polar surface area (TPSA) is 142 Å². The van der Waals surface area contributed by atoms with Crippen LogP contribution in [0, 0.1) is 0 Å². The summed E-state index contributed by atoms with van der Waals surface area (Å²) >= 11 is 0. The predicted octanol–water partition coefficient (Wildman–Crippen LogP) is 2.36. The van der Waals surface area contributed by atoms with Gasteiger partial charge in [-0.15, -0.1) is 0 Å². The van der Waals surface area contributed by atoms with E-state index in [0.717, 1.165) is 5.56 Å². The van der Waals surface area contributed by atoms with Gasteiger partial charge in [-0.1, -0.05) is 12.1 Å². The standard InChI is InChI=1S/C30H33N3O9S/c1-38-22-9-11-26(40-3)28(15-22)43(36,37)33-13-12-24-23(17-33)32-30(35)20-6-10-25(39-2)27(14-20)41-18-29(34)31-16-19-4-7-21(42-24)8-5-19/h4-11,14-15,23-24H,12-13,16-18H2,1-3H3,(H,31,34)(H,32,35)/t23-,24+/m0/s1. The lowest BCUT2D eigenvalue weighted by Gasteiger charge is -2.38. The van der Waals surface area contributed by atoms with Crippen LogP contribution in [0.1, 0.15) is 22.3 Å². The predicted molar refractivity (Wildman–Crippen MR) is 155 cm³/mol. The van der Waals surface area contributed by atoms with Crippen LogP contribution in [0.4, 0.5) is 0 Å². The fraction of sp³-hybridized carbons (Fsp3) is 0.333. The monoisotopic (exact) mass is 611 g/mol. The lowest BCUT2D eigenvalue weighted by atomic mass is 10.0. The Labute approximate surface area is 249 Å². The van der Waals surface area contributed by atoms with Crippen molar-refractivity contribution in [3.63, 3.8) is 0 Å². The molecular formula is C30H33N3O9S. The molecule has 0 spiro atoms. The van der Waals surface area contributed by atoms with E-state index >= 15 is 0 Å². The molecular weight excluding hydrogens is 578 g/mol. The number of rotatable bonds is 5. The van der Waals surface area contributed by atoms with Crippen molar-refractivity contribution in [1.29, 1.82) is 0 Å². The summed E-state index contributed by atoms with van der Waals surface area (Å²) in [5.41, 5.74) is 1.08. The quantitative estimate of drug-likeness (QED) is 0.445. The molecule has 43 heavy (non-hydrogen) atoms. The van der Waals surface area contributed by atoms with Gasteiger partial charge < -0.3 is 34.3 Å². The molecule has 3 aromatic rings. The molecule has 13 heteroatoms. The van der Waals surface area contributed by atoms with E-state index in [1.165, 1.54) is 43.8 Å². The van der Waals surface area contributed by atoms with E-state index in [-0.39, 0.29) is 54.1 Å². The van der Waals surface area contributed by atoms with Crippen LogP contribution < -0.4 is 34.3 Å². The molecule has 12 nitrogen and oxygen atoms in total. The second-order valence-electron chi connectivity index (χ2n) is 9.98. The number of piperidine rings is 1. The largest absolute Gasteiger partial charge is 0.497 e. The van der Waals surface area contributed by atoms with Crippen LogP contribution in [-0.2, 0) is 21.4 Å². The van der Waals surface area contributed by atoms with E-state index in [1.807, 2.05) is 12.1 Å². The third-order valence-corrected chi connectivity index (χ3v) is 9.19. The number of sulfonamides is 1. The maximum atomic E-state index is 13.9. The number of carbonyl (C=O) groups is 2. The summed E-state index contributed by atoms with van der Waals surface area (Å²) in [7, 11) is 0.254. The van der Waals surface area contributed by atoms with Gasteiger partial charge in [0.15, 0.2) is 18.1 Å². The minimum absolute atomic E-state index is 0.0417. The third kappa shape index (κ3) is 6.62. The van der Waals surface area contributed by atoms with Crippen molar-refractivity contribution in [3.8, 4) is 28.7 Å². The average molecular weight is 612 g/mol. The van der Waals surface area contributed by atoms with Crippen LogP contribution >= 0.6 is 0 Å². The molecule has 3 heterocycles. The lowest BCUT2D eigenvalue weighted by molar-refractivity contribution is -0.123. The molecule has 4 bridgehead atoms. The maximum absolute atomic E-state index is 13.9. The Hall–Kier alpha value is -4.49. The first-order valence-electron chi connectivity index (χ1n) is 13.6. The second kappa shape index (κ2) is 12.8. The average Bonchev–Trinajstić information content (AvgIpc) is 3.03. The van der Waals surface area contributed by atoms with Gasteiger partial charge in [0.05, 0.1) is 27.4 Å². The number of ether oxygens (including phenoxy) is 5.